The zero-order valence-electron chi connectivity index (χ0n) is 13.4. The monoisotopic (exact) mass is 277 g/mol. The largest absolute Gasteiger partial charge is 0.374 e. The van der Waals surface area contributed by atoms with Crippen molar-refractivity contribution in [2.24, 2.45) is 0 Å². The Balaban J connectivity index is 1.97. The molecule has 0 saturated carbocycles. The Hall–Kier alpha value is -2.03. The molecule has 3 heterocycles. The molecule has 5 heteroatoms. The summed E-state index contributed by atoms with van der Waals surface area (Å²) in [5, 5.41) is 3.63. The summed E-state index contributed by atoms with van der Waals surface area (Å²) in [5.74, 6) is 0. The van der Waals surface area contributed by atoms with Gasteiger partial charge in [0.05, 0.1) is 6.04 Å². The summed E-state index contributed by atoms with van der Waals surface area (Å²) in [6.45, 7) is 6.47. The number of nitrogens with one attached hydrogen (secondary N) is 3. The van der Waals surface area contributed by atoms with Gasteiger partial charge in [-0.25, -0.2) is 0 Å². The molecule has 0 amide bonds. The normalized spacial score (nSPS) is 20.3. The molecular weight excluding hydrogens is 256 g/mol. The number of rotatable bonds is 2. The van der Waals surface area contributed by atoms with E-state index in [2.05, 4.69) is 63.9 Å². The fourth-order valence-electron chi connectivity index (χ4n) is 2.95. The minimum Gasteiger partial charge on any atom is -0.374 e. The molecule has 1 aliphatic rings. The SMILES string of the molecule is BC1=C(B)C(c2ccc[nH]2)N/C1=C\c1[nH]c(C)c(C)c1C. The van der Waals surface area contributed by atoms with Gasteiger partial charge in [0.1, 0.15) is 15.7 Å². The first kappa shape index (κ1) is 13.9. The van der Waals surface area contributed by atoms with Crippen LogP contribution in [0.3, 0.4) is 0 Å². The van der Waals surface area contributed by atoms with Crippen molar-refractivity contribution >= 4 is 21.8 Å². The van der Waals surface area contributed by atoms with Crippen molar-refractivity contribution in [2.75, 3.05) is 0 Å². The molecule has 0 spiro atoms. The number of aryl methyl sites for hydroxylation is 1. The molecule has 106 valence electrons. The number of aromatic nitrogens is 2. The molecule has 3 N–H and O–H groups in total. The van der Waals surface area contributed by atoms with Gasteiger partial charge in [-0.05, 0) is 50.1 Å². The third-order valence-electron chi connectivity index (χ3n) is 4.80. The van der Waals surface area contributed by atoms with Crippen molar-refractivity contribution in [2.45, 2.75) is 26.8 Å². The molecule has 1 unspecified atom stereocenters. The predicted octanol–water partition coefficient (Wildman–Crippen LogP) is 1.43. The average Bonchev–Trinajstić information content (AvgIpc) is 3.13. The van der Waals surface area contributed by atoms with Crippen LogP contribution in [0.25, 0.3) is 6.08 Å². The maximum absolute atomic E-state index is 3.63. The lowest BCUT2D eigenvalue weighted by Crippen LogP contribution is -2.16. The van der Waals surface area contributed by atoms with Crippen molar-refractivity contribution < 1.29 is 0 Å². The van der Waals surface area contributed by atoms with Crippen LogP contribution >= 0.6 is 0 Å². The van der Waals surface area contributed by atoms with Gasteiger partial charge in [0.25, 0.3) is 0 Å². The molecular formula is C16H21B2N3. The molecule has 0 fully saturated rings. The first-order valence-electron chi connectivity index (χ1n) is 7.44. The molecule has 3 nitrogen and oxygen atoms in total. The zero-order valence-corrected chi connectivity index (χ0v) is 13.4. The Morgan fingerprint density at radius 3 is 2.48 bits per heavy atom. The second kappa shape index (κ2) is 5.06. The fraction of sp³-hybridized carbons (Fsp3) is 0.250. The van der Waals surface area contributed by atoms with E-state index in [0.717, 1.165) is 0 Å². The van der Waals surface area contributed by atoms with Crippen LogP contribution in [0, 0.1) is 20.8 Å². The lowest BCUT2D eigenvalue weighted by molar-refractivity contribution is 0.735. The highest BCUT2D eigenvalue weighted by atomic mass is 15.0. The van der Waals surface area contributed by atoms with E-state index in [9.17, 15) is 0 Å². The topological polar surface area (TPSA) is 43.6 Å². The van der Waals surface area contributed by atoms with Gasteiger partial charge in [-0.15, -0.1) is 0 Å². The van der Waals surface area contributed by atoms with E-state index >= 15 is 0 Å². The molecule has 0 saturated heterocycles. The van der Waals surface area contributed by atoms with Crippen LogP contribution in [-0.4, -0.2) is 25.7 Å². The van der Waals surface area contributed by atoms with Crippen molar-refractivity contribution in [1.82, 2.24) is 15.3 Å². The third-order valence-corrected chi connectivity index (χ3v) is 4.80. The van der Waals surface area contributed by atoms with Gasteiger partial charge >= 0.3 is 0 Å². The predicted molar refractivity (Wildman–Crippen MR) is 93.8 cm³/mol. The van der Waals surface area contributed by atoms with Crippen LogP contribution in [-0.2, 0) is 0 Å². The maximum atomic E-state index is 3.63. The summed E-state index contributed by atoms with van der Waals surface area (Å²) >= 11 is 0. The van der Waals surface area contributed by atoms with E-state index in [1.165, 1.54) is 44.9 Å². The first-order chi connectivity index (χ1) is 9.99. The van der Waals surface area contributed by atoms with Gasteiger partial charge in [0.15, 0.2) is 0 Å². The summed E-state index contributed by atoms with van der Waals surface area (Å²) < 4.78 is 0. The highest BCUT2D eigenvalue weighted by Crippen LogP contribution is 2.32. The van der Waals surface area contributed by atoms with E-state index < -0.39 is 0 Å². The summed E-state index contributed by atoms with van der Waals surface area (Å²) in [6, 6.07) is 4.43. The van der Waals surface area contributed by atoms with Crippen LogP contribution < -0.4 is 5.32 Å². The van der Waals surface area contributed by atoms with Crippen LogP contribution in [0.1, 0.15) is 34.3 Å². The number of aromatic amines is 2. The first-order valence-corrected chi connectivity index (χ1v) is 7.44. The maximum Gasteiger partial charge on any atom is 0.140 e. The van der Waals surface area contributed by atoms with Crippen LogP contribution in [0.2, 0.25) is 0 Å². The second-order valence-electron chi connectivity index (χ2n) is 5.98. The lowest BCUT2D eigenvalue weighted by atomic mass is 9.78. The van der Waals surface area contributed by atoms with Gasteiger partial charge in [0.2, 0.25) is 0 Å². The van der Waals surface area contributed by atoms with Crippen LogP contribution in [0.15, 0.2) is 35.0 Å². The molecule has 0 aliphatic carbocycles. The molecule has 0 radical (unpaired) electrons. The van der Waals surface area contributed by atoms with Crippen molar-refractivity contribution in [3.05, 3.63) is 63.2 Å². The molecule has 0 aromatic carbocycles. The van der Waals surface area contributed by atoms with Gasteiger partial charge < -0.3 is 15.3 Å². The minimum absolute atomic E-state index is 0.253. The lowest BCUT2D eigenvalue weighted by Gasteiger charge is -2.12. The highest BCUT2D eigenvalue weighted by Gasteiger charge is 2.24. The number of allylic oxidation sites excluding steroid dienone is 1. The second-order valence-corrected chi connectivity index (χ2v) is 5.98. The van der Waals surface area contributed by atoms with E-state index in [1.807, 2.05) is 12.3 Å². The van der Waals surface area contributed by atoms with E-state index in [4.69, 9.17) is 0 Å². The Labute approximate surface area is 127 Å². The fourth-order valence-corrected chi connectivity index (χ4v) is 2.95. The Morgan fingerprint density at radius 1 is 1.14 bits per heavy atom. The van der Waals surface area contributed by atoms with Crippen molar-refractivity contribution in [3.63, 3.8) is 0 Å². The summed E-state index contributed by atoms with van der Waals surface area (Å²) in [6.07, 6.45) is 4.21. The molecule has 0 bridgehead atoms. The van der Waals surface area contributed by atoms with E-state index in [1.54, 1.807) is 0 Å². The van der Waals surface area contributed by atoms with Gasteiger partial charge in [0, 0.05) is 29.0 Å². The third kappa shape index (κ3) is 2.27. The number of H-pyrrole nitrogens is 2. The molecule has 1 atom stereocenters. The molecule has 3 rings (SSSR count). The average molecular weight is 277 g/mol. The van der Waals surface area contributed by atoms with Crippen molar-refractivity contribution in [1.29, 1.82) is 0 Å². The Kier molecular flexibility index (Phi) is 3.36. The van der Waals surface area contributed by atoms with Crippen LogP contribution in [0.4, 0.5) is 0 Å². The molecule has 2 aromatic heterocycles. The van der Waals surface area contributed by atoms with Gasteiger partial charge in [-0.2, -0.15) is 0 Å². The molecule has 1 aliphatic heterocycles. The Bertz CT molecular complexity index is 736. The highest BCUT2D eigenvalue weighted by molar-refractivity contribution is 6.35. The smallest absolute Gasteiger partial charge is 0.140 e. The van der Waals surface area contributed by atoms with Crippen LogP contribution in [0.5, 0.6) is 0 Å². The quantitative estimate of drug-likeness (QED) is 0.714. The molecule has 2 aromatic rings. The summed E-state index contributed by atoms with van der Waals surface area (Å²) in [7, 11) is 4.39. The van der Waals surface area contributed by atoms with E-state index in [0.29, 0.717) is 0 Å². The number of hydrogen-bond donors (Lipinski definition) is 3. The zero-order chi connectivity index (χ0) is 15.1. The van der Waals surface area contributed by atoms with Gasteiger partial charge in [-0.3, -0.25) is 0 Å². The standard InChI is InChI=1S/C16H21B2N3/c1-8-9(2)12(20-10(8)3)7-13-14(17)15(18)16(21-13)11-5-4-6-19-11/h4-7,16,19-21H,17-18H2,1-3H3/b13-7-. The molecule has 21 heavy (non-hydrogen) atoms. The minimum atomic E-state index is 0.253. The summed E-state index contributed by atoms with van der Waals surface area (Å²) in [5.41, 5.74) is 10.3. The van der Waals surface area contributed by atoms with Crippen molar-refractivity contribution in [3.8, 4) is 0 Å². The number of hydrogen-bond acceptors (Lipinski definition) is 1. The Morgan fingerprint density at radius 2 is 1.90 bits per heavy atom. The van der Waals surface area contributed by atoms with Gasteiger partial charge in [-0.1, -0.05) is 10.9 Å². The van der Waals surface area contributed by atoms with E-state index in [-0.39, 0.29) is 6.04 Å². The summed E-state index contributed by atoms with van der Waals surface area (Å²) in [4.78, 5) is 6.79.